The van der Waals surface area contributed by atoms with E-state index >= 15 is 0 Å². The number of thiophene rings is 1. The number of sulfonamides is 1. The molecule has 0 radical (unpaired) electrons. The molecule has 0 atom stereocenters. The van der Waals surface area contributed by atoms with Crippen molar-refractivity contribution >= 4 is 33.0 Å². The second-order valence-corrected chi connectivity index (χ2v) is 10.4. The van der Waals surface area contributed by atoms with Crippen LogP contribution in [-0.4, -0.2) is 32.9 Å². The lowest BCUT2D eigenvalue weighted by Crippen LogP contribution is -2.30. The normalized spacial score (nSPS) is 14.1. The van der Waals surface area contributed by atoms with Gasteiger partial charge in [-0.15, -0.1) is 11.3 Å². The number of ether oxygens (including phenoxy) is 1. The monoisotopic (exact) mass is 496 g/mol. The predicted octanol–water partition coefficient (Wildman–Crippen LogP) is 4.31. The van der Waals surface area contributed by atoms with Gasteiger partial charge in [-0.1, -0.05) is 18.2 Å². The molecule has 0 unspecified atom stereocenters. The summed E-state index contributed by atoms with van der Waals surface area (Å²) in [6, 6.07) is 10.1. The highest BCUT2D eigenvalue weighted by molar-refractivity contribution is 7.94. The Morgan fingerprint density at radius 3 is 2.45 bits per heavy atom. The van der Waals surface area contributed by atoms with E-state index < -0.39 is 33.4 Å². The Labute approximate surface area is 192 Å². The fraction of sp³-hybridized carbons (Fsp3) is 0.227. The Morgan fingerprint density at radius 1 is 1.15 bits per heavy atom. The van der Waals surface area contributed by atoms with E-state index in [1.165, 1.54) is 7.11 Å². The summed E-state index contributed by atoms with van der Waals surface area (Å²) in [5, 5.41) is 0. The highest BCUT2D eigenvalue weighted by Gasteiger charge is 2.34. The van der Waals surface area contributed by atoms with Crippen molar-refractivity contribution in [3.8, 4) is 0 Å². The van der Waals surface area contributed by atoms with E-state index in [1.54, 1.807) is 30.3 Å². The van der Waals surface area contributed by atoms with Crippen LogP contribution in [0.25, 0.3) is 0 Å². The molecule has 1 aromatic heterocycles. The lowest BCUT2D eigenvalue weighted by atomic mass is 10.0. The summed E-state index contributed by atoms with van der Waals surface area (Å²) in [7, 11) is -2.90. The molecule has 0 spiro atoms. The van der Waals surface area contributed by atoms with Crippen LogP contribution in [0.4, 0.5) is 18.9 Å². The summed E-state index contributed by atoms with van der Waals surface area (Å²) in [6.07, 6.45) is 0.337. The first-order chi connectivity index (χ1) is 15.7. The predicted molar refractivity (Wildman–Crippen MR) is 117 cm³/mol. The summed E-state index contributed by atoms with van der Waals surface area (Å²) in [5.74, 6) is -4.82. The van der Waals surface area contributed by atoms with Gasteiger partial charge in [0.15, 0.2) is 21.7 Å². The number of fused-ring (bicyclic) bond motifs is 1. The lowest BCUT2D eigenvalue weighted by Gasteiger charge is -2.27. The van der Waals surface area contributed by atoms with Crippen LogP contribution in [0, 0.1) is 17.5 Å². The van der Waals surface area contributed by atoms with Crippen LogP contribution < -0.4 is 4.72 Å². The van der Waals surface area contributed by atoms with E-state index in [4.69, 9.17) is 4.74 Å². The standard InChI is InChI=1S/C22H19F3N2O4S2/c1-31-21(28)19-15-7-8-27(11-13-9-16(23)20(25)17(24)10-13)12-18(15)32-22(19)33(29,30)26-14-5-3-2-4-6-14/h2-6,9-10,26H,7-8,11-12H2,1H3. The number of benzene rings is 2. The molecule has 6 nitrogen and oxygen atoms in total. The smallest absolute Gasteiger partial charge is 0.340 e. The Morgan fingerprint density at radius 2 is 1.82 bits per heavy atom. The number of hydrogen-bond donors (Lipinski definition) is 1. The maximum Gasteiger partial charge on any atom is 0.340 e. The average Bonchev–Trinajstić information content (AvgIpc) is 3.17. The van der Waals surface area contributed by atoms with E-state index in [2.05, 4.69) is 4.72 Å². The number of rotatable bonds is 6. The van der Waals surface area contributed by atoms with Crippen molar-refractivity contribution < 1.29 is 31.1 Å². The Bertz CT molecular complexity index is 1290. The number of halogens is 3. The number of nitrogens with one attached hydrogen (secondary N) is 1. The molecule has 2 heterocycles. The number of carbonyl (C=O) groups excluding carboxylic acids is 1. The van der Waals surface area contributed by atoms with Gasteiger partial charge in [0.2, 0.25) is 0 Å². The highest BCUT2D eigenvalue weighted by Crippen LogP contribution is 2.37. The number of nitrogens with zero attached hydrogens (tertiary/aromatic N) is 1. The molecule has 0 saturated heterocycles. The number of hydrogen-bond acceptors (Lipinski definition) is 6. The van der Waals surface area contributed by atoms with Crippen LogP contribution in [-0.2, 0) is 34.3 Å². The van der Waals surface area contributed by atoms with E-state index in [-0.39, 0.29) is 28.4 Å². The SMILES string of the molecule is COC(=O)c1c(S(=O)(=O)Nc2ccccc2)sc2c1CCN(Cc1cc(F)c(F)c(F)c1)C2. The maximum atomic E-state index is 13.6. The van der Waals surface area contributed by atoms with Gasteiger partial charge in [-0.05, 0) is 41.8 Å². The number of para-hydroxylation sites is 1. The summed E-state index contributed by atoms with van der Waals surface area (Å²) < 4.78 is 73.8. The van der Waals surface area contributed by atoms with Gasteiger partial charge in [0.25, 0.3) is 10.0 Å². The minimum atomic E-state index is -4.08. The quantitative estimate of drug-likeness (QED) is 0.407. The van der Waals surface area contributed by atoms with Crippen molar-refractivity contribution in [2.75, 3.05) is 18.4 Å². The van der Waals surface area contributed by atoms with E-state index in [0.717, 1.165) is 23.5 Å². The maximum absolute atomic E-state index is 13.6. The van der Waals surface area contributed by atoms with Gasteiger partial charge in [-0.2, -0.15) is 0 Å². The molecular weight excluding hydrogens is 477 g/mol. The van der Waals surface area contributed by atoms with Crippen molar-refractivity contribution in [1.82, 2.24) is 4.90 Å². The zero-order valence-electron chi connectivity index (χ0n) is 17.4. The fourth-order valence-corrected chi connectivity index (χ4v) is 6.72. The van der Waals surface area contributed by atoms with Gasteiger partial charge in [0.1, 0.15) is 0 Å². The fourth-order valence-electron chi connectivity index (χ4n) is 3.73. The molecule has 174 valence electrons. The van der Waals surface area contributed by atoms with Crippen LogP contribution >= 0.6 is 11.3 Å². The Balaban J connectivity index is 1.65. The number of anilines is 1. The molecule has 1 aliphatic rings. The third kappa shape index (κ3) is 4.75. The van der Waals surface area contributed by atoms with Crippen LogP contribution in [0.2, 0.25) is 0 Å². The topological polar surface area (TPSA) is 75.7 Å². The average molecular weight is 497 g/mol. The summed E-state index contributed by atoms with van der Waals surface area (Å²) >= 11 is 0.954. The van der Waals surface area contributed by atoms with E-state index in [1.807, 2.05) is 4.90 Å². The van der Waals surface area contributed by atoms with Crippen LogP contribution in [0.15, 0.2) is 46.7 Å². The zero-order valence-corrected chi connectivity index (χ0v) is 19.0. The van der Waals surface area contributed by atoms with Gasteiger partial charge in [-0.3, -0.25) is 9.62 Å². The van der Waals surface area contributed by atoms with Crippen molar-refractivity contribution in [1.29, 1.82) is 0 Å². The minimum Gasteiger partial charge on any atom is -0.465 e. The first-order valence-electron chi connectivity index (χ1n) is 9.86. The van der Waals surface area contributed by atoms with Crippen LogP contribution in [0.1, 0.15) is 26.4 Å². The van der Waals surface area contributed by atoms with Crippen molar-refractivity contribution in [3.63, 3.8) is 0 Å². The third-order valence-electron chi connectivity index (χ3n) is 5.21. The summed E-state index contributed by atoms with van der Waals surface area (Å²) in [4.78, 5) is 15.0. The van der Waals surface area contributed by atoms with Crippen molar-refractivity contribution in [2.24, 2.45) is 0 Å². The summed E-state index contributed by atoms with van der Waals surface area (Å²) in [6.45, 7) is 0.786. The van der Waals surface area contributed by atoms with Crippen molar-refractivity contribution in [3.05, 3.63) is 81.5 Å². The van der Waals surface area contributed by atoms with Crippen LogP contribution in [0.3, 0.4) is 0 Å². The van der Waals surface area contributed by atoms with Gasteiger partial charge in [0, 0.05) is 30.2 Å². The molecule has 4 rings (SSSR count). The number of methoxy groups -OCH3 is 1. The molecule has 0 aliphatic carbocycles. The number of esters is 1. The molecule has 0 saturated carbocycles. The summed E-state index contributed by atoms with van der Waals surface area (Å²) in [5.41, 5.74) is 1.17. The molecule has 0 bridgehead atoms. The van der Waals surface area contributed by atoms with Crippen molar-refractivity contribution in [2.45, 2.75) is 23.7 Å². The van der Waals surface area contributed by atoms with Crippen LogP contribution in [0.5, 0.6) is 0 Å². The van der Waals surface area contributed by atoms with Gasteiger partial charge < -0.3 is 4.74 Å². The zero-order chi connectivity index (χ0) is 23.8. The lowest BCUT2D eigenvalue weighted by molar-refractivity contribution is 0.0595. The molecule has 0 fully saturated rings. The van der Waals surface area contributed by atoms with E-state index in [0.29, 0.717) is 29.1 Å². The Hall–Kier alpha value is -2.89. The largest absolute Gasteiger partial charge is 0.465 e. The van der Waals surface area contributed by atoms with Gasteiger partial charge >= 0.3 is 5.97 Å². The molecule has 11 heteroatoms. The Kier molecular flexibility index (Phi) is 6.46. The molecule has 33 heavy (non-hydrogen) atoms. The second kappa shape index (κ2) is 9.16. The molecule has 2 aromatic carbocycles. The number of carbonyl (C=O) groups is 1. The van der Waals surface area contributed by atoms with E-state index in [9.17, 15) is 26.4 Å². The molecule has 3 aromatic rings. The third-order valence-corrected chi connectivity index (χ3v) is 8.33. The first-order valence-corrected chi connectivity index (χ1v) is 12.2. The first kappa shape index (κ1) is 23.3. The molecule has 1 aliphatic heterocycles. The van der Waals surface area contributed by atoms with Gasteiger partial charge in [0.05, 0.1) is 12.7 Å². The second-order valence-electron chi connectivity index (χ2n) is 7.46. The van der Waals surface area contributed by atoms with Gasteiger partial charge in [-0.25, -0.2) is 26.4 Å². The minimum absolute atomic E-state index is 0.000507. The molecule has 1 N–H and O–H groups in total. The molecular formula is C22H19F3N2O4S2. The highest BCUT2D eigenvalue weighted by atomic mass is 32.2. The molecule has 0 amide bonds.